The summed E-state index contributed by atoms with van der Waals surface area (Å²) in [4.78, 5) is 39.0. The van der Waals surface area contributed by atoms with Crippen molar-refractivity contribution in [3.8, 4) is 0 Å². The monoisotopic (exact) mass is 1250 g/mol. The topological polar surface area (TPSA) is 386 Å². The fourth-order valence-corrected chi connectivity index (χ4v) is 17.6. The fraction of sp³-hybridized carbons (Fsp3) is 0.857. The molecular weight excluding hydrogens is 1160 g/mol. The first-order valence-electron chi connectivity index (χ1n) is 31.3. The normalized spacial score (nSPS) is 49.3. The molecule has 88 heavy (non-hydrogen) atoms. The number of esters is 2. The molecule has 0 aromatic rings. The summed E-state index contributed by atoms with van der Waals surface area (Å²) in [5, 5.41) is 133. The van der Waals surface area contributed by atoms with E-state index < -0.39 is 194 Å². The van der Waals surface area contributed by atoms with E-state index in [2.05, 4.69) is 40.7 Å². The zero-order valence-electron chi connectivity index (χ0n) is 52.6. The summed E-state index contributed by atoms with van der Waals surface area (Å²) in [5.41, 5.74) is -0.827. The Morgan fingerprint density at radius 3 is 1.76 bits per heavy atom. The van der Waals surface area contributed by atoms with Crippen molar-refractivity contribution in [2.24, 2.45) is 50.7 Å². The molecule has 0 bridgehead atoms. The van der Waals surface area contributed by atoms with Gasteiger partial charge in [-0.1, -0.05) is 72.3 Å². The Bertz CT molecular complexity index is 2610. The Morgan fingerprint density at radius 2 is 1.18 bits per heavy atom. The molecule has 0 radical (unpaired) electrons. The van der Waals surface area contributed by atoms with Crippen LogP contribution in [0.15, 0.2) is 34.9 Å². The van der Waals surface area contributed by atoms with Crippen LogP contribution in [0.2, 0.25) is 0 Å². The predicted octanol–water partition coefficient (Wildman–Crippen LogP) is 0.824. The van der Waals surface area contributed by atoms with Crippen LogP contribution < -0.4 is 0 Å². The molecule has 0 aromatic heterocycles. The number of fused-ring (bicyclic) bond motifs is 7. The molecule has 0 amide bonds. The first kappa shape index (κ1) is 69.2. The molecule has 0 aromatic carbocycles. The van der Waals surface area contributed by atoms with Crippen LogP contribution in [0.5, 0.6) is 0 Å². The van der Waals surface area contributed by atoms with Crippen molar-refractivity contribution >= 4 is 17.9 Å². The number of rotatable bonds is 16. The average molecular weight is 1260 g/mol. The quantitative estimate of drug-likeness (QED) is 0.0440. The third kappa shape index (κ3) is 11.9. The fourth-order valence-electron chi connectivity index (χ4n) is 17.6. The molecular formula is C63H98O25. The molecule has 30 atom stereocenters. The number of hydrogen-bond acceptors (Lipinski definition) is 24. The maximum Gasteiger partial charge on any atom is 0.335 e. The molecule has 25 heteroatoms. The van der Waals surface area contributed by atoms with Gasteiger partial charge in [-0.05, 0) is 124 Å². The Labute approximate surface area is 513 Å². The summed E-state index contributed by atoms with van der Waals surface area (Å²) < 4.78 is 61.1. The smallest absolute Gasteiger partial charge is 0.335 e. The van der Waals surface area contributed by atoms with Crippen molar-refractivity contribution in [2.75, 3.05) is 19.8 Å². The number of allylic oxidation sites excluding steroid dienone is 4. The predicted molar refractivity (Wildman–Crippen MR) is 305 cm³/mol. The van der Waals surface area contributed by atoms with Crippen molar-refractivity contribution in [1.82, 2.24) is 0 Å². The van der Waals surface area contributed by atoms with Crippen LogP contribution in [0.3, 0.4) is 0 Å². The number of carboxylic acids is 1. The van der Waals surface area contributed by atoms with Crippen LogP contribution in [-0.2, 0) is 61.8 Å². The van der Waals surface area contributed by atoms with Gasteiger partial charge in [-0.3, -0.25) is 0 Å². The Hall–Kier alpha value is -3.13. The zero-order chi connectivity index (χ0) is 64.8. The minimum absolute atomic E-state index is 0.0391. The molecule has 25 nitrogen and oxygen atoms in total. The molecule has 8 fully saturated rings. The highest BCUT2D eigenvalue weighted by Gasteiger charge is 2.70. The lowest BCUT2D eigenvalue weighted by atomic mass is 9.34. The summed E-state index contributed by atoms with van der Waals surface area (Å²) >= 11 is 0. The van der Waals surface area contributed by atoms with Gasteiger partial charge in [0.15, 0.2) is 37.2 Å². The first-order valence-corrected chi connectivity index (χ1v) is 31.3. The summed E-state index contributed by atoms with van der Waals surface area (Å²) in [6.07, 6.45) is -25.0. The molecule has 4 heterocycles. The van der Waals surface area contributed by atoms with Crippen LogP contribution in [0.25, 0.3) is 0 Å². The van der Waals surface area contributed by atoms with E-state index in [9.17, 15) is 75.7 Å². The molecule has 12 N–H and O–H groups in total. The Balaban J connectivity index is 0.943. The highest BCUT2D eigenvalue weighted by Crippen LogP contribution is 2.75. The number of aliphatic hydroxyl groups excluding tert-OH is 11. The van der Waals surface area contributed by atoms with Crippen molar-refractivity contribution < 1.29 is 123 Å². The van der Waals surface area contributed by atoms with E-state index in [4.69, 9.17) is 47.4 Å². The molecule has 15 unspecified atom stereocenters. The summed E-state index contributed by atoms with van der Waals surface area (Å²) in [6.45, 7) is 21.5. The standard InChI is InChI=1S/C63H98O25/c1-13-26(3)54(77)84-47-28(5)80-34(41(69)48(47)85-55(78)27(4)14-2)25-79-52-42(70)38-29(21-59(52,6)7)30-15-16-36-61(10)19-18-37(60(8,9)35(61)17-20-62(36,11)63(30,12)22-31(38)66)83-58-51(88-57-45(73)43(71)39(67)32(23-64)81-57)49(46(74)50(87-58)53(75)76)86-56-44(72)40(68)33(24-65)82-56/h13-15,28-29,31-52,56-58,64-74H,16-25H2,1-12H3,(H,75,76)/b26-13-,27-14-/t28?,29?,31-,32?,33+,34+,35?,36?,37+,38?,39+,40?,41?,42-,43?,44?,45?,46+,47+,48?,49?,50?,51?,52+,56+,57+,58-,61+,62-,63-/m1/s1. The third-order valence-corrected chi connectivity index (χ3v) is 22.9. The second-order valence-electron chi connectivity index (χ2n) is 28.6. The molecule has 0 spiro atoms. The van der Waals surface area contributed by atoms with Crippen molar-refractivity contribution in [2.45, 2.75) is 269 Å². The third-order valence-electron chi connectivity index (χ3n) is 22.9. The van der Waals surface area contributed by atoms with Gasteiger partial charge in [0.1, 0.15) is 73.2 Å². The summed E-state index contributed by atoms with van der Waals surface area (Å²) in [5.74, 6) is -3.79. The molecule has 4 saturated heterocycles. The van der Waals surface area contributed by atoms with Gasteiger partial charge >= 0.3 is 17.9 Å². The molecule has 5 aliphatic carbocycles. The van der Waals surface area contributed by atoms with Gasteiger partial charge in [0.05, 0.1) is 50.3 Å². The van der Waals surface area contributed by atoms with E-state index in [1.165, 1.54) is 5.57 Å². The van der Waals surface area contributed by atoms with E-state index in [-0.39, 0.29) is 40.8 Å². The number of hydrogen-bond donors (Lipinski definition) is 12. The summed E-state index contributed by atoms with van der Waals surface area (Å²) in [7, 11) is 0. The zero-order valence-corrected chi connectivity index (χ0v) is 52.6. The lowest BCUT2D eigenvalue weighted by Gasteiger charge is -2.71. The van der Waals surface area contributed by atoms with Crippen LogP contribution >= 0.6 is 0 Å². The second kappa shape index (κ2) is 26.0. The molecule has 9 aliphatic rings. The van der Waals surface area contributed by atoms with Crippen molar-refractivity contribution in [3.05, 3.63) is 34.9 Å². The number of aliphatic carboxylic acids is 1. The lowest BCUT2D eigenvalue weighted by Crippen LogP contribution is -2.68. The van der Waals surface area contributed by atoms with Gasteiger partial charge in [0.25, 0.3) is 0 Å². The number of aliphatic hydroxyl groups is 11. The van der Waals surface area contributed by atoms with Gasteiger partial charge in [0, 0.05) is 17.1 Å². The number of carboxylic acid groups (broad SMARTS) is 1. The average Bonchev–Trinajstić information content (AvgIpc) is 0.930. The molecule has 4 saturated carbocycles. The van der Waals surface area contributed by atoms with E-state index in [1.54, 1.807) is 46.8 Å². The van der Waals surface area contributed by atoms with E-state index >= 15 is 0 Å². The number of ether oxygens (including phenoxy) is 10. The number of carbonyl (C=O) groups excluding carboxylic acids is 2. The van der Waals surface area contributed by atoms with E-state index in [0.717, 1.165) is 6.42 Å². The largest absolute Gasteiger partial charge is 0.479 e. The van der Waals surface area contributed by atoms with Gasteiger partial charge < -0.3 is 109 Å². The first-order chi connectivity index (χ1) is 41.2. The highest BCUT2D eigenvalue weighted by atomic mass is 16.8. The van der Waals surface area contributed by atoms with Crippen LogP contribution in [0.1, 0.15) is 128 Å². The van der Waals surface area contributed by atoms with Crippen LogP contribution in [0, 0.1) is 50.7 Å². The molecule has 500 valence electrons. The minimum Gasteiger partial charge on any atom is -0.479 e. The van der Waals surface area contributed by atoms with E-state index in [0.29, 0.717) is 44.1 Å². The van der Waals surface area contributed by atoms with Crippen LogP contribution in [0.4, 0.5) is 0 Å². The van der Waals surface area contributed by atoms with Crippen molar-refractivity contribution in [1.29, 1.82) is 0 Å². The summed E-state index contributed by atoms with van der Waals surface area (Å²) in [6, 6.07) is 0. The number of carbonyl (C=O) groups is 3. The van der Waals surface area contributed by atoms with Crippen molar-refractivity contribution in [3.63, 3.8) is 0 Å². The maximum atomic E-state index is 13.2. The Morgan fingerprint density at radius 1 is 0.614 bits per heavy atom. The van der Waals surface area contributed by atoms with Crippen LogP contribution in [-0.4, -0.2) is 240 Å². The van der Waals surface area contributed by atoms with Gasteiger partial charge in [-0.2, -0.15) is 0 Å². The minimum atomic E-state index is -2.10. The van der Waals surface area contributed by atoms with E-state index in [1.807, 2.05) is 13.8 Å². The Kier molecular flexibility index (Phi) is 20.4. The SMILES string of the molecule is C/C=C(/C)C(=O)OC1C(O)[C@H](CO[C@H]2[C@H](O)C3C(CC2(C)C)C2=CCC4[C@@]5(C)CC[C@H](O[C@@H]6OC(C(=O)O)[C@@H](O)C(O[C@@H]7O[C@@H](CO)C(O)C7O)C6O[C@@H]6OC(CO)[C@H](O)C(O)C6O)C(C)(C)C5CC[C@@]4(C)[C@]2(C)C[C@H]3O)OC(C)[C@@H]1OC(=O)/C(C)=C\C. The van der Waals surface area contributed by atoms with Gasteiger partial charge in [0.2, 0.25) is 0 Å². The molecule has 4 aliphatic heterocycles. The molecule has 9 rings (SSSR count). The highest BCUT2D eigenvalue weighted by molar-refractivity contribution is 5.88. The lowest BCUT2D eigenvalue weighted by molar-refractivity contribution is -0.386. The maximum absolute atomic E-state index is 13.2. The van der Waals surface area contributed by atoms with Gasteiger partial charge in [-0.25, -0.2) is 14.4 Å². The second-order valence-corrected chi connectivity index (χ2v) is 28.6. The van der Waals surface area contributed by atoms with Gasteiger partial charge in [-0.15, -0.1) is 0 Å².